The van der Waals surface area contributed by atoms with Gasteiger partial charge in [0.2, 0.25) is 0 Å². The number of carbonyl (C=O) groups excluding carboxylic acids is 1. The van der Waals surface area contributed by atoms with Crippen molar-refractivity contribution in [2.75, 3.05) is 0 Å². The molecule has 4 heteroatoms. The first-order valence-corrected chi connectivity index (χ1v) is 6.59. The molecule has 0 aliphatic rings. The van der Waals surface area contributed by atoms with Crippen LogP contribution < -0.4 is 10.1 Å². The summed E-state index contributed by atoms with van der Waals surface area (Å²) in [4.78, 5) is 11.9. The molecule has 0 spiro atoms. The van der Waals surface area contributed by atoms with E-state index in [1.165, 1.54) is 0 Å². The SMILES string of the molecule is Cc1cc(C)cc(O[C@@H](C)C(=O)NCc2ccco2)c1. The monoisotopic (exact) mass is 273 g/mol. The summed E-state index contributed by atoms with van der Waals surface area (Å²) in [6.07, 6.45) is 1.03. The smallest absolute Gasteiger partial charge is 0.261 e. The zero-order valence-corrected chi connectivity index (χ0v) is 12.0. The molecule has 0 aliphatic heterocycles. The molecule has 1 heterocycles. The molecule has 4 nitrogen and oxygen atoms in total. The number of hydrogen-bond acceptors (Lipinski definition) is 3. The fourth-order valence-corrected chi connectivity index (χ4v) is 1.99. The maximum absolute atomic E-state index is 11.9. The van der Waals surface area contributed by atoms with Crippen LogP contribution in [0.2, 0.25) is 0 Å². The summed E-state index contributed by atoms with van der Waals surface area (Å²) in [5.74, 6) is 1.26. The summed E-state index contributed by atoms with van der Waals surface area (Å²) in [7, 11) is 0. The highest BCUT2D eigenvalue weighted by molar-refractivity contribution is 5.80. The molecule has 1 aromatic carbocycles. The van der Waals surface area contributed by atoms with E-state index in [4.69, 9.17) is 9.15 Å². The summed E-state index contributed by atoms with van der Waals surface area (Å²) < 4.78 is 10.8. The van der Waals surface area contributed by atoms with Gasteiger partial charge in [-0.25, -0.2) is 0 Å². The molecule has 1 aromatic heterocycles. The molecule has 20 heavy (non-hydrogen) atoms. The molecule has 2 aromatic rings. The van der Waals surface area contributed by atoms with Crippen molar-refractivity contribution in [3.05, 3.63) is 53.5 Å². The van der Waals surface area contributed by atoms with Crippen molar-refractivity contribution < 1.29 is 13.9 Å². The largest absolute Gasteiger partial charge is 0.481 e. The second-order valence-electron chi connectivity index (χ2n) is 4.88. The molecule has 0 fully saturated rings. The van der Waals surface area contributed by atoms with Crippen LogP contribution in [-0.4, -0.2) is 12.0 Å². The quantitative estimate of drug-likeness (QED) is 0.911. The van der Waals surface area contributed by atoms with E-state index in [0.29, 0.717) is 12.3 Å². The molecule has 1 atom stereocenters. The Morgan fingerprint density at radius 3 is 2.60 bits per heavy atom. The maximum Gasteiger partial charge on any atom is 0.261 e. The van der Waals surface area contributed by atoms with E-state index >= 15 is 0 Å². The van der Waals surface area contributed by atoms with Crippen LogP contribution in [0.25, 0.3) is 0 Å². The van der Waals surface area contributed by atoms with Crippen molar-refractivity contribution in [3.8, 4) is 5.75 Å². The molecule has 0 saturated heterocycles. The highest BCUT2D eigenvalue weighted by atomic mass is 16.5. The van der Waals surface area contributed by atoms with Crippen molar-refractivity contribution in [1.29, 1.82) is 0 Å². The average molecular weight is 273 g/mol. The minimum absolute atomic E-state index is 0.166. The molecule has 106 valence electrons. The molecule has 0 radical (unpaired) electrons. The Morgan fingerprint density at radius 2 is 2.00 bits per heavy atom. The fourth-order valence-electron chi connectivity index (χ4n) is 1.99. The van der Waals surface area contributed by atoms with Crippen molar-refractivity contribution in [1.82, 2.24) is 5.32 Å². The number of ether oxygens (including phenoxy) is 1. The Hall–Kier alpha value is -2.23. The van der Waals surface area contributed by atoms with Crippen LogP contribution in [0.1, 0.15) is 23.8 Å². The van der Waals surface area contributed by atoms with Gasteiger partial charge in [-0.3, -0.25) is 4.79 Å². The van der Waals surface area contributed by atoms with E-state index in [-0.39, 0.29) is 5.91 Å². The first-order valence-electron chi connectivity index (χ1n) is 6.59. The van der Waals surface area contributed by atoms with Crippen molar-refractivity contribution >= 4 is 5.91 Å². The van der Waals surface area contributed by atoms with E-state index in [0.717, 1.165) is 16.9 Å². The predicted octanol–water partition coefficient (Wildman–Crippen LogP) is 2.98. The van der Waals surface area contributed by atoms with Gasteiger partial charge in [-0.2, -0.15) is 0 Å². The summed E-state index contributed by atoms with van der Waals surface area (Å²) in [5, 5.41) is 2.78. The van der Waals surface area contributed by atoms with Crippen molar-refractivity contribution in [2.24, 2.45) is 0 Å². The molecular weight excluding hydrogens is 254 g/mol. The predicted molar refractivity (Wildman–Crippen MR) is 76.6 cm³/mol. The Morgan fingerprint density at radius 1 is 1.30 bits per heavy atom. The van der Waals surface area contributed by atoms with E-state index in [1.54, 1.807) is 19.3 Å². The number of aryl methyl sites for hydroxylation is 2. The Labute approximate surface area is 118 Å². The van der Waals surface area contributed by atoms with Crippen molar-refractivity contribution in [2.45, 2.75) is 33.4 Å². The first-order chi connectivity index (χ1) is 9.54. The van der Waals surface area contributed by atoms with Gasteiger partial charge in [0.25, 0.3) is 5.91 Å². The second kappa shape index (κ2) is 6.28. The number of amides is 1. The number of benzene rings is 1. The number of hydrogen-bond donors (Lipinski definition) is 1. The highest BCUT2D eigenvalue weighted by Gasteiger charge is 2.14. The van der Waals surface area contributed by atoms with Gasteiger partial charge in [-0.05, 0) is 56.2 Å². The number of rotatable bonds is 5. The van der Waals surface area contributed by atoms with E-state index in [1.807, 2.05) is 32.0 Å². The molecular formula is C16H19NO3. The van der Waals surface area contributed by atoms with Crippen LogP contribution >= 0.6 is 0 Å². The molecule has 1 N–H and O–H groups in total. The van der Waals surface area contributed by atoms with Gasteiger partial charge in [0.15, 0.2) is 6.10 Å². The zero-order valence-electron chi connectivity index (χ0n) is 12.0. The van der Waals surface area contributed by atoms with Gasteiger partial charge in [-0.15, -0.1) is 0 Å². The molecule has 0 saturated carbocycles. The molecule has 2 rings (SSSR count). The van der Waals surface area contributed by atoms with Crippen LogP contribution in [0.3, 0.4) is 0 Å². The summed E-state index contributed by atoms with van der Waals surface area (Å²) in [5.41, 5.74) is 2.23. The standard InChI is InChI=1S/C16H19NO3/c1-11-7-12(2)9-15(8-11)20-13(3)16(18)17-10-14-5-4-6-19-14/h4-9,13H,10H2,1-3H3,(H,17,18)/t13-/m0/s1. The van der Waals surface area contributed by atoms with Crippen LogP contribution in [0, 0.1) is 13.8 Å². The number of nitrogens with one attached hydrogen (secondary N) is 1. The van der Waals surface area contributed by atoms with Gasteiger partial charge in [0, 0.05) is 0 Å². The Balaban J connectivity index is 1.90. The second-order valence-corrected chi connectivity index (χ2v) is 4.88. The topological polar surface area (TPSA) is 51.5 Å². The third kappa shape index (κ3) is 3.88. The summed E-state index contributed by atoms with van der Waals surface area (Å²) >= 11 is 0. The minimum atomic E-state index is -0.550. The van der Waals surface area contributed by atoms with Gasteiger partial charge < -0.3 is 14.5 Å². The van der Waals surface area contributed by atoms with Crippen molar-refractivity contribution in [3.63, 3.8) is 0 Å². The molecule has 0 bridgehead atoms. The third-order valence-electron chi connectivity index (χ3n) is 2.89. The summed E-state index contributed by atoms with van der Waals surface area (Å²) in [6.45, 7) is 6.10. The van der Waals surface area contributed by atoms with E-state index < -0.39 is 6.10 Å². The van der Waals surface area contributed by atoms with Crippen LogP contribution in [0.4, 0.5) is 0 Å². The highest BCUT2D eigenvalue weighted by Crippen LogP contribution is 2.17. The molecule has 0 unspecified atom stereocenters. The Bertz CT molecular complexity index is 555. The Kier molecular flexibility index (Phi) is 4.45. The van der Waals surface area contributed by atoms with Crippen LogP contribution in [0.15, 0.2) is 41.0 Å². The third-order valence-corrected chi connectivity index (χ3v) is 2.89. The van der Waals surface area contributed by atoms with Crippen LogP contribution in [0.5, 0.6) is 5.75 Å². The summed E-state index contributed by atoms with van der Waals surface area (Å²) in [6, 6.07) is 9.51. The molecule has 0 aliphatic carbocycles. The van der Waals surface area contributed by atoms with Gasteiger partial charge in [0.05, 0.1) is 12.8 Å². The first kappa shape index (κ1) is 14.2. The number of furan rings is 1. The zero-order chi connectivity index (χ0) is 14.5. The lowest BCUT2D eigenvalue weighted by atomic mass is 10.1. The fraction of sp³-hybridized carbons (Fsp3) is 0.312. The van der Waals surface area contributed by atoms with Gasteiger partial charge in [-0.1, -0.05) is 6.07 Å². The molecule has 1 amide bonds. The van der Waals surface area contributed by atoms with Gasteiger partial charge >= 0.3 is 0 Å². The van der Waals surface area contributed by atoms with Crippen LogP contribution in [-0.2, 0) is 11.3 Å². The lowest BCUT2D eigenvalue weighted by molar-refractivity contribution is -0.127. The average Bonchev–Trinajstić information content (AvgIpc) is 2.87. The van der Waals surface area contributed by atoms with Gasteiger partial charge in [0.1, 0.15) is 11.5 Å². The maximum atomic E-state index is 11.9. The van der Waals surface area contributed by atoms with E-state index in [9.17, 15) is 4.79 Å². The minimum Gasteiger partial charge on any atom is -0.481 e. The normalized spacial score (nSPS) is 11.9. The lowest BCUT2D eigenvalue weighted by Gasteiger charge is -2.15. The lowest BCUT2D eigenvalue weighted by Crippen LogP contribution is -2.35. The van der Waals surface area contributed by atoms with E-state index in [2.05, 4.69) is 11.4 Å². The number of carbonyl (C=O) groups is 1.